The number of anilines is 1. The number of pyridine rings is 1. The van der Waals surface area contributed by atoms with Gasteiger partial charge in [0.1, 0.15) is 5.69 Å². The van der Waals surface area contributed by atoms with Crippen molar-refractivity contribution in [1.29, 1.82) is 0 Å². The van der Waals surface area contributed by atoms with Crippen LogP contribution in [0.1, 0.15) is 29.2 Å². The summed E-state index contributed by atoms with van der Waals surface area (Å²) in [4.78, 5) is 29.3. The standard InChI is InChI=1S/C11H11N3O3S/c1-6(15)8-5-18-11(13-8)14-10(17)7-3-2-4-9(16)12-7/h2-6,15H,1H3,(H,12,16)(H,13,14,17). The maximum atomic E-state index is 11.8. The maximum Gasteiger partial charge on any atom is 0.273 e. The van der Waals surface area contributed by atoms with Crippen LogP contribution in [-0.4, -0.2) is 21.0 Å². The van der Waals surface area contributed by atoms with Gasteiger partial charge in [0.25, 0.3) is 5.91 Å². The van der Waals surface area contributed by atoms with Crippen molar-refractivity contribution in [1.82, 2.24) is 9.97 Å². The van der Waals surface area contributed by atoms with Crippen molar-refractivity contribution in [3.63, 3.8) is 0 Å². The van der Waals surface area contributed by atoms with Crippen LogP contribution in [0, 0.1) is 0 Å². The third-order valence-electron chi connectivity index (χ3n) is 2.18. The van der Waals surface area contributed by atoms with Crippen molar-refractivity contribution in [2.24, 2.45) is 0 Å². The van der Waals surface area contributed by atoms with Crippen molar-refractivity contribution in [3.8, 4) is 0 Å². The zero-order chi connectivity index (χ0) is 13.1. The first-order valence-electron chi connectivity index (χ1n) is 5.20. The van der Waals surface area contributed by atoms with Gasteiger partial charge in [-0.1, -0.05) is 6.07 Å². The Kier molecular flexibility index (Phi) is 3.54. The Morgan fingerprint density at radius 3 is 2.94 bits per heavy atom. The molecule has 1 amide bonds. The Morgan fingerprint density at radius 1 is 1.56 bits per heavy atom. The highest BCUT2D eigenvalue weighted by atomic mass is 32.1. The molecule has 0 aromatic carbocycles. The lowest BCUT2D eigenvalue weighted by Gasteiger charge is -2.01. The van der Waals surface area contributed by atoms with Crippen LogP contribution in [0.2, 0.25) is 0 Å². The van der Waals surface area contributed by atoms with E-state index in [9.17, 15) is 14.7 Å². The van der Waals surface area contributed by atoms with Crippen molar-refractivity contribution in [3.05, 3.63) is 45.3 Å². The lowest BCUT2D eigenvalue weighted by Crippen LogP contribution is -2.17. The first-order valence-corrected chi connectivity index (χ1v) is 6.08. The summed E-state index contributed by atoms with van der Waals surface area (Å²) in [6, 6.07) is 4.32. The fraction of sp³-hybridized carbons (Fsp3) is 0.182. The van der Waals surface area contributed by atoms with E-state index in [2.05, 4.69) is 15.3 Å². The number of aliphatic hydroxyl groups excluding tert-OH is 1. The number of thiazole rings is 1. The molecule has 3 N–H and O–H groups in total. The van der Waals surface area contributed by atoms with Gasteiger partial charge in [-0.25, -0.2) is 4.98 Å². The highest BCUT2D eigenvalue weighted by Gasteiger charge is 2.11. The van der Waals surface area contributed by atoms with Gasteiger partial charge in [-0.2, -0.15) is 0 Å². The number of nitrogens with one attached hydrogen (secondary N) is 2. The second-order valence-corrected chi connectivity index (χ2v) is 4.49. The second-order valence-electron chi connectivity index (χ2n) is 3.64. The molecular formula is C11H11N3O3S. The number of rotatable bonds is 3. The van der Waals surface area contributed by atoms with Crippen LogP contribution >= 0.6 is 11.3 Å². The van der Waals surface area contributed by atoms with Crippen LogP contribution in [0.15, 0.2) is 28.4 Å². The molecule has 0 aliphatic heterocycles. The number of carbonyl (C=O) groups is 1. The van der Waals surface area contributed by atoms with Crippen molar-refractivity contribution >= 4 is 22.4 Å². The number of amides is 1. The van der Waals surface area contributed by atoms with Crippen LogP contribution < -0.4 is 10.9 Å². The van der Waals surface area contributed by atoms with Crippen molar-refractivity contribution in [2.75, 3.05) is 5.32 Å². The van der Waals surface area contributed by atoms with Crippen molar-refractivity contribution < 1.29 is 9.90 Å². The third kappa shape index (κ3) is 2.82. The summed E-state index contributed by atoms with van der Waals surface area (Å²) in [5.74, 6) is -0.445. The maximum absolute atomic E-state index is 11.8. The van der Waals surface area contributed by atoms with Gasteiger partial charge < -0.3 is 10.1 Å². The highest BCUT2D eigenvalue weighted by Crippen LogP contribution is 2.20. The quantitative estimate of drug-likeness (QED) is 0.775. The molecule has 0 radical (unpaired) electrons. The fourth-order valence-electron chi connectivity index (χ4n) is 1.28. The van der Waals surface area contributed by atoms with E-state index in [0.717, 1.165) is 0 Å². The number of hydrogen-bond acceptors (Lipinski definition) is 5. The highest BCUT2D eigenvalue weighted by molar-refractivity contribution is 7.14. The van der Waals surface area contributed by atoms with Crippen molar-refractivity contribution in [2.45, 2.75) is 13.0 Å². The third-order valence-corrected chi connectivity index (χ3v) is 2.96. The Bertz CT molecular complexity index is 618. The van der Waals surface area contributed by atoms with Crippen LogP contribution in [0.3, 0.4) is 0 Å². The molecule has 0 aliphatic rings. The first-order chi connectivity index (χ1) is 8.56. The second kappa shape index (κ2) is 5.11. The molecule has 0 spiro atoms. The van der Waals surface area contributed by atoms with Crippen LogP contribution in [0.4, 0.5) is 5.13 Å². The molecular weight excluding hydrogens is 254 g/mol. The molecule has 7 heteroatoms. The van der Waals surface area contributed by atoms with Gasteiger partial charge in [-0.3, -0.25) is 14.9 Å². The lowest BCUT2D eigenvalue weighted by molar-refractivity contribution is 0.102. The van der Waals surface area contributed by atoms with Gasteiger partial charge in [-0.15, -0.1) is 11.3 Å². The normalized spacial score (nSPS) is 12.1. The summed E-state index contributed by atoms with van der Waals surface area (Å²) >= 11 is 1.21. The summed E-state index contributed by atoms with van der Waals surface area (Å²) in [5.41, 5.74) is 0.319. The molecule has 1 atom stereocenters. The molecule has 6 nitrogen and oxygen atoms in total. The summed E-state index contributed by atoms with van der Waals surface area (Å²) in [6.07, 6.45) is -0.677. The Morgan fingerprint density at radius 2 is 2.33 bits per heavy atom. The predicted octanol–water partition coefficient (Wildman–Crippen LogP) is 1.14. The van der Waals surface area contributed by atoms with E-state index in [1.165, 1.54) is 29.5 Å². The number of aromatic nitrogens is 2. The SMILES string of the molecule is CC(O)c1csc(NC(=O)c2cccc(=O)[nH]2)n1. The largest absolute Gasteiger partial charge is 0.387 e. The van der Waals surface area contributed by atoms with Gasteiger partial charge in [0.15, 0.2) is 5.13 Å². The number of nitrogens with zero attached hydrogens (tertiary/aromatic N) is 1. The molecule has 2 aromatic rings. The van der Waals surface area contributed by atoms with E-state index < -0.39 is 12.0 Å². The van der Waals surface area contributed by atoms with Gasteiger partial charge in [0.05, 0.1) is 11.8 Å². The molecule has 0 saturated heterocycles. The van der Waals surface area contributed by atoms with Crippen LogP contribution in [0.25, 0.3) is 0 Å². The summed E-state index contributed by atoms with van der Waals surface area (Å²) < 4.78 is 0. The number of aromatic amines is 1. The van der Waals surface area contributed by atoms with E-state index in [1.807, 2.05) is 0 Å². The molecule has 2 heterocycles. The van der Waals surface area contributed by atoms with Gasteiger partial charge in [0, 0.05) is 11.4 Å². The molecule has 0 aliphatic carbocycles. The molecule has 2 aromatic heterocycles. The first kappa shape index (κ1) is 12.5. The van der Waals surface area contributed by atoms with Gasteiger partial charge in [-0.05, 0) is 13.0 Å². The number of carbonyl (C=O) groups excluding carboxylic acids is 1. The Hall–Kier alpha value is -1.99. The van der Waals surface area contributed by atoms with E-state index in [0.29, 0.717) is 10.8 Å². The van der Waals surface area contributed by atoms with Crippen LogP contribution in [-0.2, 0) is 0 Å². The number of H-pyrrole nitrogens is 1. The summed E-state index contributed by atoms with van der Waals surface area (Å²) in [6.45, 7) is 1.59. The Labute approximate surface area is 106 Å². The minimum absolute atomic E-state index is 0.163. The molecule has 0 fully saturated rings. The fourth-order valence-corrected chi connectivity index (χ4v) is 2.07. The molecule has 0 bridgehead atoms. The molecule has 1 unspecified atom stereocenters. The number of aliphatic hydroxyl groups is 1. The van der Waals surface area contributed by atoms with Gasteiger partial charge in [0.2, 0.25) is 5.56 Å². The van der Waals surface area contributed by atoms with Gasteiger partial charge >= 0.3 is 0 Å². The van der Waals surface area contributed by atoms with Crippen LogP contribution in [0.5, 0.6) is 0 Å². The smallest absolute Gasteiger partial charge is 0.273 e. The minimum atomic E-state index is -0.677. The van der Waals surface area contributed by atoms with E-state index in [-0.39, 0.29) is 11.3 Å². The minimum Gasteiger partial charge on any atom is -0.387 e. The van der Waals surface area contributed by atoms with E-state index in [1.54, 1.807) is 12.3 Å². The molecule has 18 heavy (non-hydrogen) atoms. The lowest BCUT2D eigenvalue weighted by atomic mass is 10.3. The zero-order valence-corrected chi connectivity index (χ0v) is 10.3. The Balaban J connectivity index is 2.13. The average molecular weight is 265 g/mol. The van der Waals surface area contributed by atoms with E-state index >= 15 is 0 Å². The van der Waals surface area contributed by atoms with E-state index in [4.69, 9.17) is 0 Å². The number of hydrogen-bond donors (Lipinski definition) is 3. The topological polar surface area (TPSA) is 95.1 Å². The predicted molar refractivity (Wildman–Crippen MR) is 67.8 cm³/mol. The molecule has 0 saturated carbocycles. The average Bonchev–Trinajstić information content (AvgIpc) is 2.77. The summed E-state index contributed by atoms with van der Waals surface area (Å²) in [7, 11) is 0. The monoisotopic (exact) mass is 265 g/mol. The molecule has 94 valence electrons. The zero-order valence-electron chi connectivity index (χ0n) is 9.51. The summed E-state index contributed by atoms with van der Waals surface area (Å²) in [5, 5.41) is 13.9. The molecule has 2 rings (SSSR count).